The second-order valence-corrected chi connectivity index (χ2v) is 5.04. The van der Waals surface area contributed by atoms with Crippen LogP contribution in [0.15, 0.2) is 0 Å². The topological polar surface area (TPSA) is 66.4 Å². The van der Waals surface area contributed by atoms with Crippen LogP contribution in [-0.2, 0) is 9.59 Å². The maximum absolute atomic E-state index is 11.4. The SMILES string of the molecule is CC(C)CC(=O)CNC(CC(C)C)C(=O)O. The molecule has 1 atom stereocenters. The summed E-state index contributed by atoms with van der Waals surface area (Å²) in [5, 5.41) is 11.7. The minimum absolute atomic E-state index is 0.0741. The summed E-state index contributed by atoms with van der Waals surface area (Å²) in [7, 11) is 0. The zero-order valence-electron chi connectivity index (χ0n) is 10.6. The highest BCUT2D eigenvalue weighted by Gasteiger charge is 2.19. The number of hydrogen-bond donors (Lipinski definition) is 2. The summed E-state index contributed by atoms with van der Waals surface area (Å²) in [6.45, 7) is 8.03. The zero-order chi connectivity index (χ0) is 12.7. The summed E-state index contributed by atoms with van der Waals surface area (Å²) in [5.74, 6) is -0.187. The minimum atomic E-state index is -0.883. The lowest BCUT2D eigenvalue weighted by Crippen LogP contribution is -2.40. The number of hydrogen-bond acceptors (Lipinski definition) is 3. The van der Waals surface area contributed by atoms with Gasteiger partial charge < -0.3 is 5.11 Å². The lowest BCUT2D eigenvalue weighted by atomic mass is 10.0. The summed E-state index contributed by atoms with van der Waals surface area (Å²) < 4.78 is 0. The van der Waals surface area contributed by atoms with Crippen molar-refractivity contribution >= 4 is 11.8 Å². The first-order valence-corrected chi connectivity index (χ1v) is 5.80. The molecule has 0 bridgehead atoms. The molecule has 0 spiro atoms. The van der Waals surface area contributed by atoms with Gasteiger partial charge in [-0.15, -0.1) is 0 Å². The molecule has 0 aliphatic carbocycles. The Morgan fingerprint density at radius 3 is 2.06 bits per heavy atom. The van der Waals surface area contributed by atoms with Crippen molar-refractivity contribution in [1.82, 2.24) is 5.32 Å². The van der Waals surface area contributed by atoms with Crippen molar-refractivity contribution in [3.05, 3.63) is 0 Å². The number of carbonyl (C=O) groups excluding carboxylic acids is 1. The Morgan fingerprint density at radius 1 is 1.12 bits per heavy atom. The van der Waals surface area contributed by atoms with Crippen LogP contribution in [0.4, 0.5) is 0 Å². The highest BCUT2D eigenvalue weighted by molar-refractivity contribution is 5.81. The average molecular weight is 229 g/mol. The van der Waals surface area contributed by atoms with Gasteiger partial charge in [0, 0.05) is 6.42 Å². The van der Waals surface area contributed by atoms with Crippen LogP contribution in [0.25, 0.3) is 0 Å². The molecule has 0 aliphatic rings. The molecule has 4 heteroatoms. The second kappa shape index (κ2) is 7.39. The van der Waals surface area contributed by atoms with E-state index in [4.69, 9.17) is 5.11 Å². The van der Waals surface area contributed by atoms with Crippen molar-refractivity contribution in [3.63, 3.8) is 0 Å². The Morgan fingerprint density at radius 2 is 1.69 bits per heavy atom. The molecule has 0 aromatic rings. The quantitative estimate of drug-likeness (QED) is 0.664. The molecule has 1 unspecified atom stereocenters. The van der Waals surface area contributed by atoms with Gasteiger partial charge in [0.15, 0.2) is 0 Å². The molecular formula is C12H23NO3. The van der Waals surface area contributed by atoms with Crippen LogP contribution in [0.3, 0.4) is 0 Å². The van der Waals surface area contributed by atoms with E-state index in [1.807, 2.05) is 27.7 Å². The predicted molar refractivity (Wildman–Crippen MR) is 63.3 cm³/mol. The predicted octanol–water partition coefficient (Wildman–Crippen LogP) is 1.69. The molecule has 0 rings (SSSR count). The molecule has 0 aromatic heterocycles. The Hall–Kier alpha value is -0.900. The molecular weight excluding hydrogens is 206 g/mol. The minimum Gasteiger partial charge on any atom is -0.480 e. The van der Waals surface area contributed by atoms with Crippen molar-refractivity contribution in [2.75, 3.05) is 6.54 Å². The van der Waals surface area contributed by atoms with E-state index in [1.165, 1.54) is 0 Å². The van der Waals surface area contributed by atoms with Gasteiger partial charge >= 0.3 is 5.97 Å². The Labute approximate surface area is 97.4 Å². The van der Waals surface area contributed by atoms with E-state index in [-0.39, 0.29) is 12.3 Å². The molecule has 2 N–H and O–H groups in total. The van der Waals surface area contributed by atoms with Crippen LogP contribution in [0.1, 0.15) is 40.5 Å². The van der Waals surface area contributed by atoms with Gasteiger partial charge in [-0.2, -0.15) is 0 Å². The molecule has 94 valence electrons. The van der Waals surface area contributed by atoms with Crippen molar-refractivity contribution in [2.45, 2.75) is 46.6 Å². The molecule has 0 saturated carbocycles. The lowest BCUT2D eigenvalue weighted by Gasteiger charge is -2.16. The molecule has 0 radical (unpaired) electrons. The third-order valence-corrected chi connectivity index (χ3v) is 2.19. The number of Topliss-reactive ketones (excluding diaryl/α,β-unsaturated/α-hetero) is 1. The number of rotatable bonds is 8. The fraction of sp³-hybridized carbons (Fsp3) is 0.833. The van der Waals surface area contributed by atoms with Crippen LogP contribution in [0, 0.1) is 11.8 Å². The Balaban J connectivity index is 4.02. The molecule has 0 fully saturated rings. The van der Waals surface area contributed by atoms with Gasteiger partial charge in [-0.25, -0.2) is 0 Å². The highest BCUT2D eigenvalue weighted by atomic mass is 16.4. The fourth-order valence-corrected chi connectivity index (χ4v) is 1.51. The van der Waals surface area contributed by atoms with Crippen LogP contribution in [-0.4, -0.2) is 29.4 Å². The van der Waals surface area contributed by atoms with E-state index in [1.54, 1.807) is 0 Å². The van der Waals surface area contributed by atoms with Crippen molar-refractivity contribution in [3.8, 4) is 0 Å². The summed E-state index contributed by atoms with van der Waals surface area (Å²) in [6.07, 6.45) is 1.05. The zero-order valence-corrected chi connectivity index (χ0v) is 10.6. The first kappa shape index (κ1) is 15.1. The Bertz CT molecular complexity index is 236. The molecule has 0 aromatic carbocycles. The van der Waals surface area contributed by atoms with E-state index in [2.05, 4.69) is 5.32 Å². The highest BCUT2D eigenvalue weighted by Crippen LogP contribution is 2.05. The van der Waals surface area contributed by atoms with E-state index in [0.717, 1.165) is 0 Å². The van der Waals surface area contributed by atoms with E-state index < -0.39 is 12.0 Å². The standard InChI is InChI=1S/C12H23NO3/c1-8(2)5-10(14)7-13-11(12(15)16)6-9(3)4/h8-9,11,13H,5-7H2,1-4H3,(H,15,16). The molecule has 4 nitrogen and oxygen atoms in total. The monoisotopic (exact) mass is 229 g/mol. The van der Waals surface area contributed by atoms with Crippen LogP contribution in [0.2, 0.25) is 0 Å². The van der Waals surface area contributed by atoms with Gasteiger partial charge in [-0.05, 0) is 18.3 Å². The summed E-state index contributed by atoms with van der Waals surface area (Å²) in [5.41, 5.74) is 0. The number of carbonyl (C=O) groups is 2. The van der Waals surface area contributed by atoms with Gasteiger partial charge in [0.05, 0.1) is 6.54 Å². The molecule has 0 aliphatic heterocycles. The van der Waals surface area contributed by atoms with Gasteiger partial charge in [0.2, 0.25) is 0 Å². The van der Waals surface area contributed by atoms with E-state index >= 15 is 0 Å². The van der Waals surface area contributed by atoms with E-state index in [9.17, 15) is 9.59 Å². The molecule has 16 heavy (non-hydrogen) atoms. The van der Waals surface area contributed by atoms with Crippen LogP contribution < -0.4 is 5.32 Å². The summed E-state index contributed by atoms with van der Waals surface area (Å²) in [6, 6.07) is -0.615. The molecule has 0 heterocycles. The number of carboxylic acids is 1. The van der Waals surface area contributed by atoms with Gasteiger partial charge in [0.1, 0.15) is 11.8 Å². The van der Waals surface area contributed by atoms with Gasteiger partial charge in [-0.1, -0.05) is 27.7 Å². The van der Waals surface area contributed by atoms with Crippen molar-refractivity contribution < 1.29 is 14.7 Å². The van der Waals surface area contributed by atoms with Crippen molar-refractivity contribution in [1.29, 1.82) is 0 Å². The number of ketones is 1. The van der Waals surface area contributed by atoms with Crippen molar-refractivity contribution in [2.24, 2.45) is 11.8 Å². The number of carboxylic acid groups (broad SMARTS) is 1. The van der Waals surface area contributed by atoms with Crippen LogP contribution in [0.5, 0.6) is 0 Å². The third-order valence-electron chi connectivity index (χ3n) is 2.19. The van der Waals surface area contributed by atoms with Crippen LogP contribution >= 0.6 is 0 Å². The normalized spacial score (nSPS) is 13.1. The first-order valence-electron chi connectivity index (χ1n) is 5.80. The number of aliphatic carboxylic acids is 1. The second-order valence-electron chi connectivity index (χ2n) is 5.04. The number of nitrogens with one attached hydrogen (secondary N) is 1. The summed E-state index contributed by atoms with van der Waals surface area (Å²) in [4.78, 5) is 22.3. The van der Waals surface area contributed by atoms with E-state index in [0.29, 0.717) is 24.7 Å². The molecule has 0 amide bonds. The lowest BCUT2D eigenvalue weighted by molar-refractivity contribution is -0.140. The smallest absolute Gasteiger partial charge is 0.320 e. The first-order chi connectivity index (χ1) is 7.32. The molecule has 0 saturated heterocycles. The average Bonchev–Trinajstić information content (AvgIpc) is 2.09. The van der Waals surface area contributed by atoms with Gasteiger partial charge in [0.25, 0.3) is 0 Å². The van der Waals surface area contributed by atoms with Gasteiger partial charge in [-0.3, -0.25) is 14.9 Å². The Kier molecular flexibility index (Phi) is 6.97. The maximum atomic E-state index is 11.4. The third kappa shape index (κ3) is 7.40. The fourth-order valence-electron chi connectivity index (χ4n) is 1.51. The summed E-state index contributed by atoms with van der Waals surface area (Å²) >= 11 is 0. The maximum Gasteiger partial charge on any atom is 0.320 e. The largest absolute Gasteiger partial charge is 0.480 e.